The SMILES string of the molecule is CC(C)C(C)C(Cl)c1cc(Cl)c(Br)cc1F. The lowest BCUT2D eigenvalue weighted by Gasteiger charge is -2.22. The van der Waals surface area contributed by atoms with Crippen molar-refractivity contribution in [2.45, 2.75) is 26.1 Å². The summed E-state index contributed by atoms with van der Waals surface area (Å²) >= 11 is 15.4. The molecule has 0 aliphatic rings. The molecule has 4 heteroatoms. The van der Waals surface area contributed by atoms with Crippen molar-refractivity contribution in [2.75, 3.05) is 0 Å². The van der Waals surface area contributed by atoms with Gasteiger partial charge in [0.05, 0.1) is 10.4 Å². The van der Waals surface area contributed by atoms with Crippen LogP contribution >= 0.6 is 39.1 Å². The van der Waals surface area contributed by atoms with Gasteiger partial charge >= 0.3 is 0 Å². The molecule has 0 saturated heterocycles. The van der Waals surface area contributed by atoms with E-state index in [4.69, 9.17) is 23.2 Å². The van der Waals surface area contributed by atoms with E-state index < -0.39 is 0 Å². The molecular formula is C12H14BrCl2F. The Balaban J connectivity index is 3.08. The van der Waals surface area contributed by atoms with Gasteiger partial charge in [0.1, 0.15) is 5.82 Å². The third-order valence-electron chi connectivity index (χ3n) is 2.85. The van der Waals surface area contributed by atoms with Crippen LogP contribution in [0.4, 0.5) is 4.39 Å². The van der Waals surface area contributed by atoms with Gasteiger partial charge in [-0.25, -0.2) is 4.39 Å². The van der Waals surface area contributed by atoms with Gasteiger partial charge < -0.3 is 0 Å². The van der Waals surface area contributed by atoms with Crippen molar-refractivity contribution in [1.82, 2.24) is 0 Å². The molecule has 0 radical (unpaired) electrons. The largest absolute Gasteiger partial charge is 0.207 e. The average Bonchev–Trinajstić information content (AvgIpc) is 2.21. The summed E-state index contributed by atoms with van der Waals surface area (Å²) in [4.78, 5) is 0. The molecule has 0 fully saturated rings. The minimum absolute atomic E-state index is 0.188. The predicted octanol–water partition coefficient (Wildman–Crippen LogP) is 5.81. The summed E-state index contributed by atoms with van der Waals surface area (Å²) in [5.41, 5.74) is 0.469. The van der Waals surface area contributed by atoms with E-state index in [0.29, 0.717) is 21.0 Å². The smallest absolute Gasteiger partial charge is 0.129 e. The van der Waals surface area contributed by atoms with E-state index >= 15 is 0 Å². The van der Waals surface area contributed by atoms with Crippen LogP contribution in [0.3, 0.4) is 0 Å². The van der Waals surface area contributed by atoms with Crippen LogP contribution in [0.15, 0.2) is 16.6 Å². The standard InChI is InChI=1S/C12H14BrCl2F/c1-6(2)7(3)12(15)8-4-10(14)9(13)5-11(8)16/h4-7,12H,1-3H3. The van der Waals surface area contributed by atoms with Crippen molar-refractivity contribution in [3.63, 3.8) is 0 Å². The van der Waals surface area contributed by atoms with E-state index in [0.717, 1.165) is 0 Å². The molecule has 0 heterocycles. The van der Waals surface area contributed by atoms with Crippen molar-refractivity contribution in [2.24, 2.45) is 11.8 Å². The molecule has 1 rings (SSSR count). The quantitative estimate of drug-likeness (QED) is 0.485. The van der Waals surface area contributed by atoms with Crippen LogP contribution < -0.4 is 0 Å². The van der Waals surface area contributed by atoms with Gasteiger partial charge in [0.25, 0.3) is 0 Å². The summed E-state index contributed by atoms with van der Waals surface area (Å²) in [6.07, 6.45) is 0. The number of benzene rings is 1. The van der Waals surface area contributed by atoms with Crippen LogP contribution in [0, 0.1) is 17.7 Å². The molecule has 2 atom stereocenters. The molecule has 0 nitrogen and oxygen atoms in total. The van der Waals surface area contributed by atoms with Crippen molar-refractivity contribution >= 4 is 39.1 Å². The second kappa shape index (κ2) is 5.70. The number of hydrogen-bond donors (Lipinski definition) is 0. The maximum Gasteiger partial charge on any atom is 0.129 e. The normalized spacial score (nSPS) is 15.2. The number of halogens is 4. The van der Waals surface area contributed by atoms with Gasteiger partial charge in [-0.3, -0.25) is 0 Å². The van der Waals surface area contributed by atoms with Crippen molar-refractivity contribution in [1.29, 1.82) is 0 Å². The van der Waals surface area contributed by atoms with E-state index in [1.165, 1.54) is 6.07 Å². The first-order chi connectivity index (χ1) is 7.34. The first-order valence-electron chi connectivity index (χ1n) is 5.13. The van der Waals surface area contributed by atoms with Gasteiger partial charge in [-0.15, -0.1) is 11.6 Å². The highest BCUT2D eigenvalue weighted by molar-refractivity contribution is 9.10. The lowest BCUT2D eigenvalue weighted by atomic mass is 9.90. The van der Waals surface area contributed by atoms with Gasteiger partial charge in [-0.2, -0.15) is 0 Å². The van der Waals surface area contributed by atoms with Crippen LogP contribution in [0.25, 0.3) is 0 Å². The maximum absolute atomic E-state index is 13.7. The average molecular weight is 328 g/mol. The topological polar surface area (TPSA) is 0 Å². The second-order valence-corrected chi connectivity index (χ2v) is 6.02. The van der Waals surface area contributed by atoms with Crippen LogP contribution in [-0.2, 0) is 0 Å². The molecule has 0 saturated carbocycles. The van der Waals surface area contributed by atoms with Gasteiger partial charge in [-0.05, 0) is 39.9 Å². The molecule has 0 aliphatic carbocycles. The Morgan fingerprint density at radius 1 is 1.25 bits per heavy atom. The fourth-order valence-electron chi connectivity index (χ4n) is 1.37. The zero-order valence-corrected chi connectivity index (χ0v) is 12.5. The number of alkyl halides is 1. The van der Waals surface area contributed by atoms with E-state index in [2.05, 4.69) is 29.8 Å². The van der Waals surface area contributed by atoms with E-state index in [9.17, 15) is 4.39 Å². The van der Waals surface area contributed by atoms with Crippen LogP contribution in [-0.4, -0.2) is 0 Å². The predicted molar refractivity (Wildman–Crippen MR) is 71.7 cm³/mol. The van der Waals surface area contributed by atoms with Crippen molar-refractivity contribution in [3.8, 4) is 0 Å². The molecule has 0 aliphatic heterocycles. The molecule has 1 aromatic carbocycles. The summed E-state index contributed by atoms with van der Waals surface area (Å²) in [6, 6.07) is 2.96. The van der Waals surface area contributed by atoms with E-state index in [-0.39, 0.29) is 17.1 Å². The number of hydrogen-bond acceptors (Lipinski definition) is 0. The summed E-state index contributed by atoms with van der Waals surface area (Å²) in [6.45, 7) is 6.15. The fraction of sp³-hybridized carbons (Fsp3) is 0.500. The van der Waals surface area contributed by atoms with Crippen molar-refractivity contribution in [3.05, 3.63) is 33.0 Å². The third kappa shape index (κ3) is 3.12. The summed E-state index contributed by atoms with van der Waals surface area (Å²) < 4.78 is 14.3. The van der Waals surface area contributed by atoms with Crippen molar-refractivity contribution < 1.29 is 4.39 Å². The summed E-state index contributed by atoms with van der Waals surface area (Å²) in [7, 11) is 0. The van der Waals surface area contributed by atoms with Gasteiger partial charge in [0.15, 0.2) is 0 Å². The zero-order valence-electron chi connectivity index (χ0n) is 9.40. The highest BCUT2D eigenvalue weighted by Gasteiger charge is 2.23. The minimum atomic E-state index is -0.356. The Hall–Kier alpha value is 0.210. The van der Waals surface area contributed by atoms with Gasteiger partial charge in [-0.1, -0.05) is 32.4 Å². The fourth-order valence-corrected chi connectivity index (χ4v) is 2.32. The molecule has 0 N–H and O–H groups in total. The van der Waals surface area contributed by atoms with Crippen LogP contribution in [0.1, 0.15) is 31.7 Å². The molecular weight excluding hydrogens is 314 g/mol. The maximum atomic E-state index is 13.7. The lowest BCUT2D eigenvalue weighted by Crippen LogP contribution is -2.12. The molecule has 2 unspecified atom stereocenters. The zero-order chi connectivity index (χ0) is 12.5. The Labute approximate surface area is 114 Å². The van der Waals surface area contributed by atoms with Crippen LogP contribution in [0.5, 0.6) is 0 Å². The Morgan fingerprint density at radius 2 is 1.81 bits per heavy atom. The monoisotopic (exact) mass is 326 g/mol. The molecule has 90 valence electrons. The number of rotatable bonds is 3. The molecule has 0 spiro atoms. The Bertz CT molecular complexity index is 380. The second-order valence-electron chi connectivity index (χ2n) is 4.29. The lowest BCUT2D eigenvalue weighted by molar-refractivity contribution is 0.399. The summed E-state index contributed by atoms with van der Waals surface area (Å²) in [5.74, 6) is 0.265. The molecule has 1 aromatic rings. The first-order valence-corrected chi connectivity index (χ1v) is 6.73. The molecule has 16 heavy (non-hydrogen) atoms. The van der Waals surface area contributed by atoms with Gasteiger partial charge in [0, 0.05) is 10.0 Å². The van der Waals surface area contributed by atoms with Gasteiger partial charge in [0.2, 0.25) is 0 Å². The minimum Gasteiger partial charge on any atom is -0.207 e. The van der Waals surface area contributed by atoms with E-state index in [1.807, 2.05) is 6.92 Å². The van der Waals surface area contributed by atoms with Crippen LogP contribution in [0.2, 0.25) is 5.02 Å². The molecule has 0 bridgehead atoms. The molecule has 0 aromatic heterocycles. The highest BCUT2D eigenvalue weighted by Crippen LogP contribution is 2.37. The third-order valence-corrected chi connectivity index (χ3v) is 4.68. The summed E-state index contributed by atoms with van der Waals surface area (Å²) in [5, 5.41) is 0.128. The highest BCUT2D eigenvalue weighted by atomic mass is 79.9. The Morgan fingerprint density at radius 3 is 2.31 bits per heavy atom. The Kier molecular flexibility index (Phi) is 5.09. The molecule has 0 amide bonds. The first kappa shape index (κ1) is 14.3. The van der Waals surface area contributed by atoms with E-state index in [1.54, 1.807) is 6.07 Å².